The van der Waals surface area contributed by atoms with Gasteiger partial charge < -0.3 is 9.84 Å². The maximum atomic E-state index is 13.6. The van der Waals surface area contributed by atoms with Crippen molar-refractivity contribution in [1.82, 2.24) is 4.98 Å². The van der Waals surface area contributed by atoms with Crippen LogP contribution >= 0.6 is 0 Å². The smallest absolute Gasteiger partial charge is 0.153 e. The van der Waals surface area contributed by atoms with Gasteiger partial charge in [0.2, 0.25) is 0 Å². The van der Waals surface area contributed by atoms with Gasteiger partial charge in [-0.05, 0) is 12.1 Å². The Balaban J connectivity index is 2.58. The second kappa shape index (κ2) is 4.18. The average Bonchev–Trinajstić information content (AvgIpc) is 2.29. The van der Waals surface area contributed by atoms with Crippen LogP contribution in [0.2, 0.25) is 0 Å². The van der Waals surface area contributed by atoms with Gasteiger partial charge in [-0.1, -0.05) is 12.1 Å². The predicted octanol–water partition coefficient (Wildman–Crippen LogP) is 2.60. The standard InChI is InChI=1S/C12H10FNO2/c1-16-11-5-3-2-4-9(11)12-10(13)6-8(15)7-14-12/h2-7,15H,1H3. The van der Waals surface area contributed by atoms with Crippen LogP contribution in [-0.2, 0) is 0 Å². The molecule has 0 atom stereocenters. The monoisotopic (exact) mass is 219 g/mol. The van der Waals surface area contributed by atoms with Crippen LogP contribution in [0.1, 0.15) is 0 Å². The van der Waals surface area contributed by atoms with Crippen molar-refractivity contribution in [2.24, 2.45) is 0 Å². The molecule has 1 aromatic carbocycles. The molecule has 82 valence electrons. The molecule has 0 bridgehead atoms. The SMILES string of the molecule is COc1ccccc1-c1ncc(O)cc1F. The highest BCUT2D eigenvalue weighted by molar-refractivity contribution is 5.67. The molecule has 0 unspecified atom stereocenters. The fourth-order valence-electron chi connectivity index (χ4n) is 1.47. The zero-order chi connectivity index (χ0) is 11.5. The maximum absolute atomic E-state index is 13.6. The van der Waals surface area contributed by atoms with Crippen LogP contribution in [0.4, 0.5) is 4.39 Å². The van der Waals surface area contributed by atoms with Crippen LogP contribution in [0.3, 0.4) is 0 Å². The minimum atomic E-state index is -0.579. The number of halogens is 1. The van der Waals surface area contributed by atoms with E-state index in [2.05, 4.69) is 4.98 Å². The summed E-state index contributed by atoms with van der Waals surface area (Å²) in [7, 11) is 1.51. The minimum Gasteiger partial charge on any atom is -0.506 e. The van der Waals surface area contributed by atoms with E-state index in [1.807, 2.05) is 0 Å². The summed E-state index contributed by atoms with van der Waals surface area (Å²) in [5, 5.41) is 9.08. The Morgan fingerprint density at radius 1 is 1.31 bits per heavy atom. The molecule has 0 aliphatic carbocycles. The van der Waals surface area contributed by atoms with Crippen LogP contribution in [0.5, 0.6) is 11.5 Å². The number of ether oxygens (including phenoxy) is 1. The lowest BCUT2D eigenvalue weighted by molar-refractivity contribution is 0.415. The first-order chi connectivity index (χ1) is 7.72. The number of aromatic hydroxyl groups is 1. The van der Waals surface area contributed by atoms with Gasteiger partial charge in [0, 0.05) is 11.6 Å². The van der Waals surface area contributed by atoms with E-state index in [0.29, 0.717) is 11.3 Å². The van der Waals surface area contributed by atoms with Gasteiger partial charge in [-0.2, -0.15) is 0 Å². The second-order valence-electron chi connectivity index (χ2n) is 3.22. The summed E-state index contributed by atoms with van der Waals surface area (Å²) in [6.45, 7) is 0. The lowest BCUT2D eigenvalue weighted by Crippen LogP contribution is -1.92. The van der Waals surface area contributed by atoms with Gasteiger partial charge in [0.25, 0.3) is 0 Å². The summed E-state index contributed by atoms with van der Waals surface area (Å²) in [4.78, 5) is 3.85. The third-order valence-corrected chi connectivity index (χ3v) is 2.19. The molecule has 1 heterocycles. The van der Waals surface area contributed by atoms with Gasteiger partial charge in [-0.15, -0.1) is 0 Å². The Hall–Kier alpha value is -2.10. The molecule has 1 aromatic heterocycles. The molecular weight excluding hydrogens is 209 g/mol. The van der Waals surface area contributed by atoms with E-state index in [4.69, 9.17) is 9.84 Å². The topological polar surface area (TPSA) is 42.4 Å². The Labute approximate surface area is 92.1 Å². The zero-order valence-electron chi connectivity index (χ0n) is 8.64. The third kappa shape index (κ3) is 1.82. The molecular formula is C12H10FNO2. The van der Waals surface area contributed by atoms with Crippen molar-refractivity contribution in [2.75, 3.05) is 7.11 Å². The van der Waals surface area contributed by atoms with E-state index in [0.717, 1.165) is 6.07 Å². The molecule has 0 amide bonds. The quantitative estimate of drug-likeness (QED) is 0.844. The normalized spacial score (nSPS) is 10.1. The fraction of sp³-hybridized carbons (Fsp3) is 0.0833. The first-order valence-corrected chi connectivity index (χ1v) is 4.70. The predicted molar refractivity (Wildman–Crippen MR) is 57.8 cm³/mol. The Kier molecular flexibility index (Phi) is 2.72. The Morgan fingerprint density at radius 2 is 2.06 bits per heavy atom. The molecule has 0 spiro atoms. The number of para-hydroxylation sites is 1. The van der Waals surface area contributed by atoms with E-state index in [1.165, 1.54) is 13.3 Å². The summed E-state index contributed by atoms with van der Waals surface area (Å²) in [6, 6.07) is 8.02. The Morgan fingerprint density at radius 3 is 2.75 bits per heavy atom. The highest BCUT2D eigenvalue weighted by atomic mass is 19.1. The zero-order valence-corrected chi connectivity index (χ0v) is 8.64. The van der Waals surface area contributed by atoms with Crippen molar-refractivity contribution in [3.8, 4) is 22.8 Å². The molecule has 3 nitrogen and oxygen atoms in total. The molecule has 0 saturated heterocycles. The van der Waals surface area contributed by atoms with Crippen molar-refractivity contribution in [2.45, 2.75) is 0 Å². The summed E-state index contributed by atoms with van der Waals surface area (Å²) in [5.74, 6) is -0.236. The summed E-state index contributed by atoms with van der Waals surface area (Å²) in [6.07, 6.45) is 1.20. The van der Waals surface area contributed by atoms with Gasteiger partial charge in [0.15, 0.2) is 5.82 Å². The highest BCUT2D eigenvalue weighted by Gasteiger charge is 2.11. The van der Waals surface area contributed by atoms with Crippen LogP contribution < -0.4 is 4.74 Å². The van der Waals surface area contributed by atoms with E-state index >= 15 is 0 Å². The molecule has 4 heteroatoms. The number of rotatable bonds is 2. The average molecular weight is 219 g/mol. The number of hydrogen-bond donors (Lipinski definition) is 1. The van der Waals surface area contributed by atoms with Gasteiger partial charge in [0.05, 0.1) is 13.3 Å². The van der Waals surface area contributed by atoms with Crippen LogP contribution in [0, 0.1) is 5.82 Å². The summed E-state index contributed by atoms with van der Waals surface area (Å²) < 4.78 is 18.7. The highest BCUT2D eigenvalue weighted by Crippen LogP contribution is 2.30. The minimum absolute atomic E-state index is 0.162. The fourth-order valence-corrected chi connectivity index (χ4v) is 1.47. The van der Waals surface area contributed by atoms with E-state index < -0.39 is 5.82 Å². The number of methoxy groups -OCH3 is 1. The van der Waals surface area contributed by atoms with Crippen LogP contribution in [0.15, 0.2) is 36.5 Å². The lowest BCUT2D eigenvalue weighted by atomic mass is 10.1. The van der Waals surface area contributed by atoms with Crippen molar-refractivity contribution < 1.29 is 14.2 Å². The third-order valence-electron chi connectivity index (χ3n) is 2.19. The van der Waals surface area contributed by atoms with Crippen LogP contribution in [0.25, 0.3) is 11.3 Å². The first kappa shape index (κ1) is 10.4. The molecule has 1 N–H and O–H groups in total. The van der Waals surface area contributed by atoms with Crippen molar-refractivity contribution >= 4 is 0 Å². The summed E-state index contributed by atoms with van der Waals surface area (Å²) in [5.41, 5.74) is 0.720. The largest absolute Gasteiger partial charge is 0.506 e. The maximum Gasteiger partial charge on any atom is 0.153 e. The van der Waals surface area contributed by atoms with Gasteiger partial charge >= 0.3 is 0 Å². The number of benzene rings is 1. The lowest BCUT2D eigenvalue weighted by Gasteiger charge is -2.08. The number of nitrogens with zero attached hydrogens (tertiary/aromatic N) is 1. The van der Waals surface area contributed by atoms with E-state index in [-0.39, 0.29) is 11.4 Å². The molecule has 16 heavy (non-hydrogen) atoms. The van der Waals surface area contributed by atoms with E-state index in [1.54, 1.807) is 24.3 Å². The number of pyridine rings is 1. The Bertz CT molecular complexity index is 514. The van der Waals surface area contributed by atoms with Crippen molar-refractivity contribution in [1.29, 1.82) is 0 Å². The summed E-state index contributed by atoms with van der Waals surface area (Å²) >= 11 is 0. The van der Waals surface area contributed by atoms with Crippen LogP contribution in [-0.4, -0.2) is 17.2 Å². The molecule has 2 rings (SSSR count). The van der Waals surface area contributed by atoms with Crippen molar-refractivity contribution in [3.05, 3.63) is 42.3 Å². The molecule has 0 saturated carbocycles. The van der Waals surface area contributed by atoms with Gasteiger partial charge in [0.1, 0.15) is 17.2 Å². The molecule has 2 aromatic rings. The molecule has 0 aliphatic rings. The van der Waals surface area contributed by atoms with Crippen molar-refractivity contribution in [3.63, 3.8) is 0 Å². The van der Waals surface area contributed by atoms with Gasteiger partial charge in [-0.3, -0.25) is 0 Å². The molecule has 0 aliphatic heterocycles. The van der Waals surface area contributed by atoms with E-state index in [9.17, 15) is 4.39 Å². The van der Waals surface area contributed by atoms with Gasteiger partial charge in [-0.25, -0.2) is 9.37 Å². The first-order valence-electron chi connectivity index (χ1n) is 4.70. The number of hydrogen-bond acceptors (Lipinski definition) is 3. The second-order valence-corrected chi connectivity index (χ2v) is 3.22. The number of aromatic nitrogens is 1. The molecule has 0 radical (unpaired) electrons. The molecule has 0 fully saturated rings.